The zero-order valence-electron chi connectivity index (χ0n) is 46.1. The van der Waals surface area contributed by atoms with Crippen molar-refractivity contribution in [1.82, 2.24) is 57.8 Å². The van der Waals surface area contributed by atoms with E-state index in [9.17, 15) is 58.2 Å². The second kappa shape index (κ2) is 35.1. The molecule has 2 heterocycles. The van der Waals surface area contributed by atoms with Crippen LogP contribution in [0, 0.1) is 17.8 Å². The molecule has 0 aliphatic carbocycles. The first kappa shape index (κ1) is 67.6. The number of primary amides is 1. The van der Waals surface area contributed by atoms with Crippen LogP contribution in [-0.2, 0) is 65.6 Å². The number of aromatic nitrogens is 2. The van der Waals surface area contributed by atoms with E-state index in [2.05, 4.69) is 57.8 Å². The van der Waals surface area contributed by atoms with Crippen LogP contribution in [0.5, 0.6) is 0 Å². The van der Waals surface area contributed by atoms with Gasteiger partial charge in [-0.2, -0.15) is 0 Å². The second-order valence-corrected chi connectivity index (χ2v) is 20.5. The molecule has 0 unspecified atom stereocenters. The first-order chi connectivity index (χ1) is 37.3. The van der Waals surface area contributed by atoms with Crippen molar-refractivity contribution in [2.24, 2.45) is 29.2 Å². The summed E-state index contributed by atoms with van der Waals surface area (Å²) in [5.41, 5.74) is 12.3. The number of aliphatic hydroxyl groups is 1. The fraction of sp³-hybridized carbons (Fsp3) is 0.615. The molecule has 27 heteroatoms. The highest BCUT2D eigenvalue weighted by Crippen LogP contribution is 2.14. The van der Waals surface area contributed by atoms with Gasteiger partial charge in [-0.15, -0.1) is 0 Å². The minimum Gasteiger partial charge on any atom is -0.481 e. The molecule has 1 aliphatic rings. The van der Waals surface area contributed by atoms with Gasteiger partial charge in [0.1, 0.15) is 48.3 Å². The molecule has 79 heavy (non-hydrogen) atoms. The Morgan fingerprint density at radius 1 is 0.646 bits per heavy atom. The van der Waals surface area contributed by atoms with Crippen molar-refractivity contribution in [1.29, 1.82) is 0 Å². The molecule has 17 N–H and O–H groups in total. The summed E-state index contributed by atoms with van der Waals surface area (Å²) in [5, 5.41) is 51.0. The third-order valence-electron chi connectivity index (χ3n) is 12.2. The molecular weight excluding hydrogens is 1030 g/mol. The molecule has 9 amide bonds. The van der Waals surface area contributed by atoms with E-state index in [0.29, 0.717) is 37.1 Å². The molecule has 1 saturated heterocycles. The van der Waals surface area contributed by atoms with Crippen LogP contribution in [0.2, 0.25) is 0 Å². The van der Waals surface area contributed by atoms with Gasteiger partial charge in [-0.1, -0.05) is 71.9 Å². The highest BCUT2D eigenvalue weighted by molar-refractivity contribution is 5.99. The van der Waals surface area contributed by atoms with Crippen LogP contribution in [0.4, 0.5) is 0 Å². The number of unbranched alkanes of at least 4 members (excludes halogenated alkanes) is 1. The van der Waals surface area contributed by atoms with Gasteiger partial charge in [0.25, 0.3) is 5.97 Å². The Morgan fingerprint density at radius 2 is 1.14 bits per heavy atom. The highest BCUT2D eigenvalue weighted by atomic mass is 16.4. The van der Waals surface area contributed by atoms with E-state index < -0.39 is 138 Å². The van der Waals surface area contributed by atoms with Crippen LogP contribution in [-0.4, -0.2) is 164 Å². The third kappa shape index (κ3) is 25.7. The van der Waals surface area contributed by atoms with Gasteiger partial charge in [-0.05, 0) is 81.4 Å². The van der Waals surface area contributed by atoms with Crippen molar-refractivity contribution in [3.05, 3.63) is 54.1 Å². The first-order valence-electron chi connectivity index (χ1n) is 26.5. The number of carbonyl (C=O) groups excluding carboxylic acids is 9. The number of nitrogens with one attached hydrogen (secondary N) is 10. The average Bonchev–Trinajstić information content (AvgIpc) is 4.11. The number of hydrogen-bond donors (Lipinski definition) is 15. The van der Waals surface area contributed by atoms with Gasteiger partial charge in [-0.3, -0.25) is 47.9 Å². The van der Waals surface area contributed by atoms with Crippen molar-refractivity contribution < 1.29 is 68.1 Å². The quantitative estimate of drug-likeness (QED) is 0.0336. The molecule has 0 saturated carbocycles. The maximum atomic E-state index is 14.4. The summed E-state index contributed by atoms with van der Waals surface area (Å²) in [7, 11) is 0. The summed E-state index contributed by atoms with van der Waals surface area (Å²) in [6, 6.07) is -2.98. The second-order valence-electron chi connectivity index (χ2n) is 20.5. The Hall–Kier alpha value is -7.52. The average molecular weight is 1110 g/mol. The number of nitrogens with two attached hydrogens (primary N) is 2. The number of nitrogens with zero attached hydrogens (tertiary/aromatic N) is 1. The van der Waals surface area contributed by atoms with Gasteiger partial charge >= 0.3 is 5.97 Å². The number of aliphatic carboxylic acids is 2. The van der Waals surface area contributed by atoms with Gasteiger partial charge in [0.2, 0.25) is 53.2 Å². The molecule has 1 fully saturated rings. The molecule has 2 aromatic rings. The minimum absolute atomic E-state index is 0.0312. The summed E-state index contributed by atoms with van der Waals surface area (Å²) in [4.78, 5) is 151. The lowest BCUT2D eigenvalue weighted by atomic mass is 9.99. The van der Waals surface area contributed by atoms with E-state index in [-0.39, 0.29) is 50.5 Å². The topological polar surface area (TPSA) is 437 Å². The number of rotatable bonds is 33. The van der Waals surface area contributed by atoms with Gasteiger partial charge in [0.05, 0.1) is 25.4 Å². The van der Waals surface area contributed by atoms with E-state index in [0.717, 1.165) is 13.3 Å². The lowest BCUT2D eigenvalue weighted by Gasteiger charge is -2.29. The number of aromatic amines is 1. The van der Waals surface area contributed by atoms with Crippen LogP contribution >= 0.6 is 0 Å². The molecule has 0 spiro atoms. The molecule has 1 aromatic heterocycles. The standard InChI is InChI=1S/C50H79N13O12.C2H4O2/c1-27(2)19-34(44(68)58-35(20-28(3)4)45(69)62-39(25-64)48(72)61-38(50(74)75)22-31-24-53-26-55-31)57-43(67)33(15-10-11-17-51)56-46(70)36(21-30-13-8-7-9-14-30)59-47(71)37(23-40(52)65)60-49(73)41(29(5)6)63-42(66)32-16-12-18-54-32;1-2(3)4/h7-9,13-14,24,26-29,32-39,41,54,64H,10-12,15-23,25,51H2,1-6H3,(H2,52,65)(H,53,55)(H,56,70)(H,57,67)(H,58,68)(H,59,71)(H,60,73)(H,61,72)(H,62,69)(H,63,66)(H,74,75);1H3,(H,3,4)/t32-,33-,34-,35-,36-,37-,38-,39-,41-;/m0./s1. The number of imidazole rings is 1. The van der Waals surface area contributed by atoms with Gasteiger partial charge in [0.15, 0.2) is 0 Å². The Bertz CT molecular complexity index is 2310. The summed E-state index contributed by atoms with van der Waals surface area (Å²) >= 11 is 0. The Labute approximate surface area is 459 Å². The van der Waals surface area contributed by atoms with E-state index in [1.54, 1.807) is 71.9 Å². The van der Waals surface area contributed by atoms with Crippen molar-refractivity contribution in [3.8, 4) is 0 Å². The lowest BCUT2D eigenvalue weighted by molar-refractivity contribution is -0.142. The van der Waals surface area contributed by atoms with Crippen LogP contribution < -0.4 is 59.3 Å². The normalized spacial score (nSPS) is 16.0. The number of benzene rings is 1. The van der Waals surface area contributed by atoms with Crippen molar-refractivity contribution in [2.45, 2.75) is 167 Å². The Morgan fingerprint density at radius 3 is 1.62 bits per heavy atom. The number of carboxylic acids is 2. The Kier molecular flexibility index (Phi) is 30.0. The molecule has 1 aliphatic heterocycles. The van der Waals surface area contributed by atoms with Crippen LogP contribution in [0.3, 0.4) is 0 Å². The predicted octanol–water partition coefficient (Wildman–Crippen LogP) is -2.25. The smallest absolute Gasteiger partial charge is 0.326 e. The van der Waals surface area contributed by atoms with Crippen LogP contribution in [0.25, 0.3) is 0 Å². The SMILES string of the molecule is CC(=O)O.CC(C)C[C@H](NC(=O)[C@H](CC(C)C)NC(=O)[C@H](CCCCN)NC(=O)[C@H](Cc1ccccc1)NC(=O)[C@H](CC(N)=O)NC(=O)[C@@H](NC(=O)[C@@H]1CCCN1)C(C)C)C(=O)N[C@@H](CO)C(=O)N[C@@H](Cc1cnc[nH]1)C(=O)O. The van der Waals surface area contributed by atoms with Gasteiger partial charge in [-0.25, -0.2) is 9.78 Å². The summed E-state index contributed by atoms with van der Waals surface area (Å²) in [6.45, 7) is 11.6. The van der Waals surface area contributed by atoms with E-state index in [1.165, 1.54) is 12.5 Å². The fourth-order valence-electron chi connectivity index (χ4n) is 8.24. The highest BCUT2D eigenvalue weighted by Gasteiger charge is 2.37. The number of hydrogen-bond acceptors (Lipinski definition) is 15. The maximum absolute atomic E-state index is 14.4. The van der Waals surface area contributed by atoms with E-state index in [1.807, 2.05) is 0 Å². The Balaban J connectivity index is 0.00000514. The number of amides is 9. The van der Waals surface area contributed by atoms with Gasteiger partial charge in [0, 0.05) is 31.7 Å². The summed E-state index contributed by atoms with van der Waals surface area (Å²) < 4.78 is 0. The van der Waals surface area contributed by atoms with Crippen molar-refractivity contribution >= 4 is 65.1 Å². The molecule has 1 aromatic carbocycles. The molecule has 0 radical (unpaired) electrons. The van der Waals surface area contributed by atoms with Crippen molar-refractivity contribution in [3.63, 3.8) is 0 Å². The van der Waals surface area contributed by atoms with Crippen molar-refractivity contribution in [2.75, 3.05) is 19.7 Å². The van der Waals surface area contributed by atoms with Crippen LogP contribution in [0.15, 0.2) is 42.9 Å². The zero-order valence-corrected chi connectivity index (χ0v) is 46.1. The molecule has 9 atom stereocenters. The number of carbonyl (C=O) groups is 11. The largest absolute Gasteiger partial charge is 0.481 e. The summed E-state index contributed by atoms with van der Waals surface area (Å²) in [6.07, 6.45) is 4.03. The van der Waals surface area contributed by atoms with Crippen LogP contribution in [0.1, 0.15) is 111 Å². The van der Waals surface area contributed by atoms with E-state index >= 15 is 0 Å². The van der Waals surface area contributed by atoms with Gasteiger partial charge < -0.3 is 79.6 Å². The predicted molar refractivity (Wildman–Crippen MR) is 287 cm³/mol. The molecular formula is C52H83N13O14. The third-order valence-corrected chi connectivity index (χ3v) is 12.2. The molecule has 440 valence electrons. The number of aliphatic hydroxyl groups excluding tert-OH is 1. The van der Waals surface area contributed by atoms with E-state index in [4.69, 9.17) is 21.4 Å². The number of carboxylic acid groups (broad SMARTS) is 2. The monoisotopic (exact) mass is 1110 g/mol. The zero-order chi connectivity index (χ0) is 59.4. The molecule has 3 rings (SSSR count). The molecule has 27 nitrogen and oxygen atoms in total. The molecule has 0 bridgehead atoms. The number of H-pyrrole nitrogens is 1. The lowest BCUT2D eigenvalue weighted by Crippen LogP contribution is -2.61. The minimum atomic E-state index is -1.62. The fourth-order valence-corrected chi connectivity index (χ4v) is 8.24. The first-order valence-corrected chi connectivity index (χ1v) is 26.5. The maximum Gasteiger partial charge on any atom is 0.326 e. The summed E-state index contributed by atoms with van der Waals surface area (Å²) in [5.74, 6) is -10.4.